The largest absolute Gasteiger partial charge is 0.378 e. The molecular formula is C20H18N2O3. The number of carbonyl (C=O) groups excluding carboxylic acids is 2. The zero-order chi connectivity index (χ0) is 17.0. The van der Waals surface area contributed by atoms with Gasteiger partial charge in [0, 0.05) is 17.7 Å². The lowest BCUT2D eigenvalue weighted by molar-refractivity contribution is -0.128. The van der Waals surface area contributed by atoms with Crippen molar-refractivity contribution in [1.29, 1.82) is 0 Å². The quantitative estimate of drug-likeness (QED) is 0.793. The fraction of sp³-hybridized carbons (Fsp3) is 0.300. The standard InChI is InChI=1S/C20H18N2O3/c23-19-16(12-13-6-5-11-25-13)20(24)22-18-10-4-2-8-15(18)14-7-1-3-9-17(14)21(19)22/h1-4,7-10,13,16H,5-6,11-12H2/t13-/m1/s1. The molecule has 2 amide bonds. The van der Waals surface area contributed by atoms with Gasteiger partial charge >= 0.3 is 0 Å². The van der Waals surface area contributed by atoms with Crippen LogP contribution in [0.3, 0.4) is 0 Å². The lowest BCUT2D eigenvalue weighted by Gasteiger charge is -2.35. The maximum atomic E-state index is 13.1. The first-order valence-corrected chi connectivity index (χ1v) is 8.73. The van der Waals surface area contributed by atoms with E-state index in [4.69, 9.17) is 4.74 Å². The van der Waals surface area contributed by atoms with Crippen LogP contribution in [0.4, 0.5) is 11.4 Å². The normalized spacial score (nSPS) is 22.2. The molecule has 3 heterocycles. The second kappa shape index (κ2) is 5.43. The van der Waals surface area contributed by atoms with Crippen LogP contribution in [0.2, 0.25) is 0 Å². The van der Waals surface area contributed by atoms with Crippen LogP contribution in [0.25, 0.3) is 11.1 Å². The van der Waals surface area contributed by atoms with Crippen molar-refractivity contribution in [2.24, 2.45) is 5.92 Å². The number of anilines is 2. The molecule has 0 radical (unpaired) electrons. The van der Waals surface area contributed by atoms with Crippen LogP contribution in [0, 0.1) is 5.92 Å². The van der Waals surface area contributed by atoms with Crippen molar-refractivity contribution >= 4 is 23.2 Å². The molecule has 2 fully saturated rings. The molecule has 3 aliphatic heterocycles. The van der Waals surface area contributed by atoms with E-state index in [0.29, 0.717) is 6.42 Å². The molecule has 1 atom stereocenters. The molecule has 0 unspecified atom stereocenters. The molecule has 2 aromatic rings. The van der Waals surface area contributed by atoms with Crippen molar-refractivity contribution in [2.75, 3.05) is 16.6 Å². The first kappa shape index (κ1) is 14.7. The molecule has 0 N–H and O–H groups in total. The van der Waals surface area contributed by atoms with Crippen molar-refractivity contribution in [1.82, 2.24) is 0 Å². The molecule has 0 aliphatic carbocycles. The van der Waals surface area contributed by atoms with Crippen molar-refractivity contribution in [3.05, 3.63) is 48.5 Å². The van der Waals surface area contributed by atoms with Crippen LogP contribution < -0.4 is 10.0 Å². The molecule has 5 heteroatoms. The lowest BCUT2D eigenvalue weighted by Crippen LogP contribution is -2.43. The van der Waals surface area contributed by atoms with Gasteiger partial charge in [-0.3, -0.25) is 9.59 Å². The van der Waals surface area contributed by atoms with Crippen LogP contribution in [-0.2, 0) is 14.3 Å². The number of nitrogens with zero attached hydrogens (tertiary/aromatic N) is 2. The number of carbonyl (C=O) groups is 2. The second-order valence-corrected chi connectivity index (χ2v) is 6.76. The summed E-state index contributed by atoms with van der Waals surface area (Å²) < 4.78 is 5.66. The van der Waals surface area contributed by atoms with Gasteiger partial charge in [0.05, 0.1) is 17.5 Å². The van der Waals surface area contributed by atoms with Gasteiger partial charge in [0.2, 0.25) is 0 Å². The number of fused-ring (bicyclic) bond motifs is 6. The smallest absolute Gasteiger partial charge is 0.258 e. The molecule has 3 aliphatic rings. The Morgan fingerprint density at radius 1 is 0.880 bits per heavy atom. The summed E-state index contributed by atoms with van der Waals surface area (Å²) in [5.41, 5.74) is 3.50. The highest BCUT2D eigenvalue weighted by Gasteiger charge is 2.50. The monoisotopic (exact) mass is 334 g/mol. The van der Waals surface area contributed by atoms with E-state index in [9.17, 15) is 9.59 Å². The predicted molar refractivity (Wildman–Crippen MR) is 93.9 cm³/mol. The molecule has 5 rings (SSSR count). The highest BCUT2D eigenvalue weighted by molar-refractivity contribution is 6.26. The molecule has 25 heavy (non-hydrogen) atoms. The van der Waals surface area contributed by atoms with Gasteiger partial charge in [-0.05, 0) is 31.4 Å². The minimum absolute atomic E-state index is 0.00550. The summed E-state index contributed by atoms with van der Waals surface area (Å²) in [4.78, 5) is 26.2. The summed E-state index contributed by atoms with van der Waals surface area (Å²) in [6, 6.07) is 15.5. The van der Waals surface area contributed by atoms with Gasteiger partial charge in [-0.15, -0.1) is 0 Å². The van der Waals surface area contributed by atoms with E-state index in [1.807, 2.05) is 48.5 Å². The summed E-state index contributed by atoms with van der Waals surface area (Å²) in [6.07, 6.45) is 2.39. The summed E-state index contributed by atoms with van der Waals surface area (Å²) in [7, 11) is 0. The number of hydrogen-bond acceptors (Lipinski definition) is 3. The predicted octanol–water partition coefficient (Wildman–Crippen LogP) is 3.15. The van der Waals surface area contributed by atoms with E-state index in [1.165, 1.54) is 0 Å². The van der Waals surface area contributed by atoms with Crippen LogP contribution >= 0.6 is 0 Å². The molecule has 0 spiro atoms. The summed E-state index contributed by atoms with van der Waals surface area (Å²) >= 11 is 0. The summed E-state index contributed by atoms with van der Waals surface area (Å²) in [5, 5.41) is 3.11. The molecule has 0 aromatic heterocycles. The maximum Gasteiger partial charge on any atom is 0.258 e. The van der Waals surface area contributed by atoms with Gasteiger partial charge < -0.3 is 4.74 Å². The number of para-hydroxylation sites is 2. The molecule has 2 saturated heterocycles. The van der Waals surface area contributed by atoms with Gasteiger partial charge in [0.25, 0.3) is 11.8 Å². The van der Waals surface area contributed by atoms with Crippen molar-refractivity contribution in [2.45, 2.75) is 25.4 Å². The topological polar surface area (TPSA) is 49.9 Å². The fourth-order valence-electron chi connectivity index (χ4n) is 4.12. The summed E-state index contributed by atoms with van der Waals surface area (Å²) in [6.45, 7) is 0.721. The minimum Gasteiger partial charge on any atom is -0.378 e. The Morgan fingerprint density at radius 2 is 1.44 bits per heavy atom. The molecular weight excluding hydrogens is 316 g/mol. The van der Waals surface area contributed by atoms with E-state index in [0.717, 1.165) is 42.0 Å². The molecule has 0 bridgehead atoms. The minimum atomic E-state index is -0.665. The molecule has 0 saturated carbocycles. The van der Waals surface area contributed by atoms with Crippen LogP contribution in [-0.4, -0.2) is 24.5 Å². The number of benzene rings is 2. The Labute approximate surface area is 145 Å². The van der Waals surface area contributed by atoms with Crippen LogP contribution in [0.5, 0.6) is 0 Å². The molecule has 2 aromatic carbocycles. The number of hydrazine groups is 1. The van der Waals surface area contributed by atoms with Gasteiger partial charge in [0.15, 0.2) is 0 Å². The van der Waals surface area contributed by atoms with Crippen LogP contribution in [0.1, 0.15) is 19.3 Å². The first-order chi connectivity index (χ1) is 12.3. The Bertz CT molecular complexity index is 809. The second-order valence-electron chi connectivity index (χ2n) is 6.76. The van der Waals surface area contributed by atoms with E-state index in [-0.39, 0.29) is 17.9 Å². The number of ether oxygens (including phenoxy) is 1. The Morgan fingerprint density at radius 3 is 1.96 bits per heavy atom. The third-order valence-electron chi connectivity index (χ3n) is 5.29. The van der Waals surface area contributed by atoms with Gasteiger partial charge in [-0.25, -0.2) is 10.0 Å². The Kier molecular flexibility index (Phi) is 3.18. The first-order valence-electron chi connectivity index (χ1n) is 8.73. The van der Waals surface area contributed by atoms with Crippen molar-refractivity contribution in [3.8, 4) is 11.1 Å². The van der Waals surface area contributed by atoms with Gasteiger partial charge in [-0.2, -0.15) is 0 Å². The number of amides is 2. The average Bonchev–Trinajstić information content (AvgIpc) is 3.25. The average molecular weight is 334 g/mol. The molecule has 5 nitrogen and oxygen atoms in total. The van der Waals surface area contributed by atoms with Gasteiger partial charge in [-0.1, -0.05) is 36.4 Å². The van der Waals surface area contributed by atoms with Crippen molar-refractivity contribution < 1.29 is 14.3 Å². The number of hydrogen-bond donors (Lipinski definition) is 0. The van der Waals surface area contributed by atoms with Gasteiger partial charge in [0.1, 0.15) is 5.92 Å². The third-order valence-corrected chi connectivity index (χ3v) is 5.29. The third kappa shape index (κ3) is 2.05. The Balaban J connectivity index is 1.62. The number of rotatable bonds is 2. The van der Waals surface area contributed by atoms with E-state index >= 15 is 0 Å². The maximum absolute atomic E-state index is 13.1. The van der Waals surface area contributed by atoms with Crippen LogP contribution in [0.15, 0.2) is 48.5 Å². The molecule has 126 valence electrons. The highest BCUT2D eigenvalue weighted by Crippen LogP contribution is 2.47. The zero-order valence-corrected chi connectivity index (χ0v) is 13.7. The van der Waals surface area contributed by atoms with E-state index < -0.39 is 5.92 Å². The SMILES string of the molecule is O=C1C(C[C@H]2CCCO2)C(=O)N2c3ccccc3-c3ccccc3N12. The van der Waals surface area contributed by atoms with E-state index in [1.54, 1.807) is 10.0 Å². The van der Waals surface area contributed by atoms with E-state index in [2.05, 4.69) is 0 Å². The Hall–Kier alpha value is -2.66. The zero-order valence-electron chi connectivity index (χ0n) is 13.7. The van der Waals surface area contributed by atoms with Crippen molar-refractivity contribution in [3.63, 3.8) is 0 Å². The summed E-state index contributed by atoms with van der Waals surface area (Å²) in [5.74, 6) is -0.966. The highest BCUT2D eigenvalue weighted by atomic mass is 16.5. The fourth-order valence-corrected chi connectivity index (χ4v) is 4.12. The lowest BCUT2D eigenvalue weighted by atomic mass is 9.99.